The summed E-state index contributed by atoms with van der Waals surface area (Å²) in [6.45, 7) is 0.148. The van der Waals surface area contributed by atoms with Crippen LogP contribution in [0.2, 0.25) is 0 Å². The van der Waals surface area contributed by atoms with Crippen molar-refractivity contribution < 1.29 is 42.9 Å². The predicted octanol–water partition coefficient (Wildman–Crippen LogP) is 2.79. The van der Waals surface area contributed by atoms with Crippen molar-refractivity contribution in [1.82, 2.24) is 25.4 Å². The van der Waals surface area contributed by atoms with Crippen LogP contribution in [0.5, 0.6) is 17.2 Å². The van der Waals surface area contributed by atoms with Crippen molar-refractivity contribution in [1.29, 1.82) is 0 Å². The second kappa shape index (κ2) is 15.6. The average molecular weight is 724 g/mol. The minimum absolute atomic E-state index is 0.0399. The number of nitrogens with zero attached hydrogens (tertiary/aromatic N) is 3. The van der Waals surface area contributed by atoms with Gasteiger partial charge in [0.05, 0.1) is 64.5 Å². The van der Waals surface area contributed by atoms with Crippen molar-refractivity contribution in [2.45, 2.75) is 43.9 Å². The molecule has 0 aliphatic carbocycles. The lowest BCUT2D eigenvalue weighted by Gasteiger charge is -2.44. The summed E-state index contributed by atoms with van der Waals surface area (Å²) in [4.78, 5) is 73.9. The number of ether oxygens (including phenoxy) is 4. The lowest BCUT2D eigenvalue weighted by Crippen LogP contribution is -2.65. The fourth-order valence-corrected chi connectivity index (χ4v) is 7.05. The van der Waals surface area contributed by atoms with Crippen molar-refractivity contribution in [2.75, 3.05) is 41.5 Å². The monoisotopic (exact) mass is 723 g/mol. The van der Waals surface area contributed by atoms with E-state index in [-0.39, 0.29) is 57.3 Å². The summed E-state index contributed by atoms with van der Waals surface area (Å²) in [5, 5.41) is 6.65. The molecule has 53 heavy (non-hydrogen) atoms. The molecule has 6 rings (SSSR count). The Morgan fingerprint density at radius 1 is 0.906 bits per heavy atom. The van der Waals surface area contributed by atoms with E-state index in [9.17, 15) is 24.0 Å². The highest BCUT2D eigenvalue weighted by Gasteiger charge is 2.59. The lowest BCUT2D eigenvalue weighted by atomic mass is 9.86. The van der Waals surface area contributed by atoms with Crippen LogP contribution < -0.4 is 24.8 Å². The van der Waals surface area contributed by atoms with Gasteiger partial charge in [0.25, 0.3) is 5.91 Å². The summed E-state index contributed by atoms with van der Waals surface area (Å²) in [5.74, 6) is -0.405. The van der Waals surface area contributed by atoms with Gasteiger partial charge in [-0.25, -0.2) is 0 Å². The minimum atomic E-state index is -1.52. The van der Waals surface area contributed by atoms with Gasteiger partial charge < -0.3 is 39.4 Å². The molecule has 1 aromatic heterocycles. The predicted molar refractivity (Wildman–Crippen MR) is 192 cm³/mol. The van der Waals surface area contributed by atoms with Crippen LogP contribution in [0.4, 0.5) is 0 Å². The summed E-state index contributed by atoms with van der Waals surface area (Å²) in [5.41, 5.74) is 1.71. The van der Waals surface area contributed by atoms with Crippen LogP contribution in [0.1, 0.15) is 39.9 Å². The molecule has 0 saturated carbocycles. The van der Waals surface area contributed by atoms with Crippen molar-refractivity contribution >= 4 is 40.5 Å². The van der Waals surface area contributed by atoms with E-state index in [2.05, 4.69) is 15.6 Å². The number of aromatic nitrogens is 1. The Kier molecular flexibility index (Phi) is 10.8. The quantitative estimate of drug-likeness (QED) is 0.196. The Bertz CT molecular complexity index is 2030. The standard InChI is InChI=1S/C39H41N5O9/c1-50-29-15-32(51-2)30(33(16-29)52-3)20-41-34(45)13-24-9-11-25(12-10-24)21-43-23-35(46)44-22-28(17-39(44,38(43)49)18-36(47)53-4)42-37(48)27-14-26-7-5-6-8-31(26)40-19-27/h5-12,14-16,19,28H,13,17-18,20-23H2,1-4H3,(H,41,45)(H,42,48)/t28-,39?/m0/s1. The number of hydrogen-bond acceptors (Lipinski definition) is 10. The van der Waals surface area contributed by atoms with Gasteiger partial charge in [0, 0.05) is 49.3 Å². The summed E-state index contributed by atoms with van der Waals surface area (Å²) in [6.07, 6.45) is 1.27. The highest BCUT2D eigenvalue weighted by molar-refractivity contribution is 6.02. The van der Waals surface area contributed by atoms with Gasteiger partial charge in [0.15, 0.2) is 0 Å². The molecule has 0 bridgehead atoms. The highest BCUT2D eigenvalue weighted by Crippen LogP contribution is 2.39. The maximum Gasteiger partial charge on any atom is 0.308 e. The molecule has 3 aromatic carbocycles. The number of fused-ring (bicyclic) bond motifs is 2. The summed E-state index contributed by atoms with van der Waals surface area (Å²) in [6, 6.07) is 19.2. The SMILES string of the molecule is COC(=O)CC12C[C@H](NC(=O)c3cnc4ccccc4c3)CN1C(=O)CN(Cc1ccc(CC(=O)NCc3c(OC)cc(OC)cc3OC)cc1)C2=O. The number of piperazine rings is 1. The van der Waals surface area contributed by atoms with E-state index < -0.39 is 29.4 Å². The molecule has 2 fully saturated rings. The number of carbonyl (C=O) groups is 5. The molecule has 2 N–H and O–H groups in total. The normalized spacial score (nSPS) is 18.0. The van der Waals surface area contributed by atoms with Crippen LogP contribution >= 0.6 is 0 Å². The number of carbonyl (C=O) groups excluding carboxylic acids is 5. The van der Waals surface area contributed by atoms with E-state index in [1.54, 1.807) is 49.6 Å². The van der Waals surface area contributed by atoms with Crippen molar-refractivity contribution in [2.24, 2.45) is 0 Å². The second-order valence-corrected chi connectivity index (χ2v) is 13.0. The molecular weight excluding hydrogens is 682 g/mol. The molecule has 4 aromatic rings. The first-order chi connectivity index (χ1) is 25.6. The maximum absolute atomic E-state index is 14.2. The third-order valence-corrected chi connectivity index (χ3v) is 9.71. The zero-order valence-corrected chi connectivity index (χ0v) is 30.0. The van der Waals surface area contributed by atoms with Crippen molar-refractivity contribution in [3.63, 3.8) is 0 Å². The molecule has 4 amide bonds. The van der Waals surface area contributed by atoms with Gasteiger partial charge in [0.1, 0.15) is 29.3 Å². The third-order valence-electron chi connectivity index (χ3n) is 9.71. The summed E-state index contributed by atoms with van der Waals surface area (Å²) in [7, 11) is 5.82. The van der Waals surface area contributed by atoms with E-state index in [1.807, 2.05) is 24.3 Å². The van der Waals surface area contributed by atoms with Gasteiger partial charge in [-0.2, -0.15) is 0 Å². The largest absolute Gasteiger partial charge is 0.496 e. The molecule has 14 nitrogen and oxygen atoms in total. The van der Waals surface area contributed by atoms with Gasteiger partial charge in [0.2, 0.25) is 17.7 Å². The zero-order valence-electron chi connectivity index (χ0n) is 30.0. The van der Waals surface area contributed by atoms with Crippen LogP contribution in [0.25, 0.3) is 10.9 Å². The molecule has 2 saturated heterocycles. The number of esters is 1. The Morgan fingerprint density at radius 3 is 2.28 bits per heavy atom. The molecular formula is C39H41N5O9. The molecule has 1 unspecified atom stereocenters. The fourth-order valence-electron chi connectivity index (χ4n) is 7.05. The summed E-state index contributed by atoms with van der Waals surface area (Å²) >= 11 is 0. The Morgan fingerprint density at radius 2 is 1.60 bits per heavy atom. The second-order valence-electron chi connectivity index (χ2n) is 13.0. The number of amides is 4. The van der Waals surface area contributed by atoms with Gasteiger partial charge in [-0.15, -0.1) is 0 Å². The smallest absolute Gasteiger partial charge is 0.308 e. The van der Waals surface area contributed by atoms with Crippen molar-refractivity contribution in [3.05, 3.63) is 95.2 Å². The van der Waals surface area contributed by atoms with Crippen molar-refractivity contribution in [3.8, 4) is 17.2 Å². The minimum Gasteiger partial charge on any atom is -0.496 e. The van der Waals surface area contributed by atoms with Crippen LogP contribution in [0.3, 0.4) is 0 Å². The van der Waals surface area contributed by atoms with Crippen LogP contribution in [-0.4, -0.2) is 97.5 Å². The number of hydrogen-bond donors (Lipinski definition) is 2. The molecule has 2 aliphatic rings. The lowest BCUT2D eigenvalue weighted by molar-refractivity contribution is -0.166. The molecule has 0 spiro atoms. The number of para-hydroxylation sites is 1. The van der Waals surface area contributed by atoms with Crippen LogP contribution in [0, 0.1) is 0 Å². The Balaban J connectivity index is 1.11. The van der Waals surface area contributed by atoms with E-state index in [0.717, 1.165) is 22.0 Å². The third kappa shape index (κ3) is 7.71. The molecule has 2 aliphatic heterocycles. The van der Waals surface area contributed by atoms with E-state index in [0.29, 0.717) is 28.4 Å². The van der Waals surface area contributed by atoms with Gasteiger partial charge in [-0.3, -0.25) is 29.0 Å². The first kappa shape index (κ1) is 36.6. The topological polar surface area (TPSA) is 166 Å². The molecule has 0 radical (unpaired) electrons. The number of methoxy groups -OCH3 is 4. The number of rotatable bonds is 13. The molecule has 2 atom stereocenters. The maximum atomic E-state index is 14.2. The number of pyridine rings is 1. The molecule has 3 heterocycles. The average Bonchev–Trinajstić information content (AvgIpc) is 3.55. The van der Waals surface area contributed by atoms with Gasteiger partial charge >= 0.3 is 5.97 Å². The van der Waals surface area contributed by atoms with Gasteiger partial charge in [-0.05, 0) is 23.3 Å². The van der Waals surface area contributed by atoms with E-state index >= 15 is 0 Å². The fraction of sp³-hybridized carbons (Fsp3) is 0.333. The summed E-state index contributed by atoms with van der Waals surface area (Å²) < 4.78 is 21.2. The zero-order chi connectivity index (χ0) is 37.7. The molecule has 14 heteroatoms. The number of benzene rings is 3. The Labute approximate surface area is 306 Å². The first-order valence-corrected chi connectivity index (χ1v) is 17.0. The van der Waals surface area contributed by atoms with Crippen LogP contribution in [0.15, 0.2) is 72.9 Å². The Hall–Kier alpha value is -6.18. The van der Waals surface area contributed by atoms with Crippen LogP contribution in [-0.2, 0) is 43.4 Å². The van der Waals surface area contributed by atoms with E-state index in [1.165, 1.54) is 37.3 Å². The first-order valence-electron chi connectivity index (χ1n) is 17.0. The van der Waals surface area contributed by atoms with E-state index in [4.69, 9.17) is 18.9 Å². The van der Waals surface area contributed by atoms with Gasteiger partial charge in [-0.1, -0.05) is 42.5 Å². The number of nitrogens with one attached hydrogen (secondary N) is 2. The highest BCUT2D eigenvalue weighted by atomic mass is 16.5. The molecule has 276 valence electrons.